The highest BCUT2D eigenvalue weighted by atomic mass is 32.2. The normalized spacial score (nSPS) is 13.6. The quantitative estimate of drug-likeness (QED) is 0.174. The molecule has 0 bridgehead atoms. The Morgan fingerprint density at radius 1 is 0.974 bits per heavy atom. The van der Waals surface area contributed by atoms with Crippen molar-refractivity contribution in [2.45, 2.75) is 4.90 Å². The minimum Gasteiger partial charge on any atom is -0.497 e. The van der Waals surface area contributed by atoms with Crippen LogP contribution in [-0.4, -0.2) is 58.3 Å². The van der Waals surface area contributed by atoms with Gasteiger partial charge >= 0.3 is 0 Å². The smallest absolute Gasteiger partial charge is 0.173 e. The second-order valence-corrected chi connectivity index (χ2v) is 10.4. The Morgan fingerprint density at radius 2 is 1.72 bits per heavy atom. The molecule has 8 nitrogen and oxygen atoms in total. The molecular weight excluding hydrogens is 533 g/mol. The predicted molar refractivity (Wildman–Crippen MR) is 160 cm³/mol. The van der Waals surface area contributed by atoms with Crippen LogP contribution in [0.4, 0.5) is 21.6 Å². The number of nitrogens with zero attached hydrogens (tertiary/aromatic N) is 4. The van der Waals surface area contributed by atoms with Gasteiger partial charge in [-0.2, -0.15) is 0 Å². The first-order valence-electron chi connectivity index (χ1n) is 12.5. The van der Waals surface area contributed by atoms with E-state index in [1.807, 2.05) is 36.4 Å². The lowest BCUT2D eigenvalue weighted by Gasteiger charge is -2.37. The summed E-state index contributed by atoms with van der Waals surface area (Å²) in [5.41, 5.74) is 3.57. The number of H-pyrrole nitrogens is 1. The molecule has 1 aliphatic heterocycles. The Labute approximate surface area is 234 Å². The molecule has 0 atom stereocenters. The predicted octanol–water partition coefficient (Wildman–Crippen LogP) is 5.90. The van der Waals surface area contributed by atoms with E-state index in [9.17, 15) is 4.39 Å². The molecular formula is C28H26FN7OS2. The number of anilines is 3. The van der Waals surface area contributed by atoms with Crippen molar-refractivity contribution in [3.8, 4) is 5.75 Å². The van der Waals surface area contributed by atoms with Gasteiger partial charge in [-0.05, 0) is 84.8 Å². The van der Waals surface area contributed by atoms with E-state index >= 15 is 0 Å². The second kappa shape index (κ2) is 11.0. The SMILES string of the molecule is COc1ccc2c(c1)[nH]c1ncnc(N3CCN(C(=S)Nc4ccc(SNc5ccc(F)cc5)cc4)CC3)c12. The number of fused-ring (bicyclic) bond motifs is 3. The highest BCUT2D eigenvalue weighted by Crippen LogP contribution is 2.33. The zero-order valence-corrected chi connectivity index (χ0v) is 22.8. The van der Waals surface area contributed by atoms with Crippen molar-refractivity contribution >= 4 is 68.4 Å². The monoisotopic (exact) mass is 559 g/mol. The lowest BCUT2D eigenvalue weighted by Crippen LogP contribution is -2.50. The fourth-order valence-corrected chi connectivity index (χ4v) is 5.57. The molecule has 0 amide bonds. The fourth-order valence-electron chi connectivity index (χ4n) is 4.62. The number of nitrogens with one attached hydrogen (secondary N) is 3. The number of hydrogen-bond acceptors (Lipinski definition) is 7. The molecule has 198 valence electrons. The third-order valence-corrected chi connectivity index (χ3v) is 7.89. The molecule has 3 aromatic carbocycles. The van der Waals surface area contributed by atoms with E-state index in [4.69, 9.17) is 17.0 Å². The van der Waals surface area contributed by atoms with Crippen molar-refractivity contribution in [2.24, 2.45) is 0 Å². The number of methoxy groups -OCH3 is 1. The zero-order chi connectivity index (χ0) is 26.8. The lowest BCUT2D eigenvalue weighted by molar-refractivity contribution is 0.390. The van der Waals surface area contributed by atoms with E-state index in [0.29, 0.717) is 5.11 Å². The minimum atomic E-state index is -0.250. The van der Waals surface area contributed by atoms with Gasteiger partial charge in [0.15, 0.2) is 5.11 Å². The Bertz CT molecular complexity index is 1620. The van der Waals surface area contributed by atoms with Crippen LogP contribution < -0.4 is 19.7 Å². The molecule has 2 aromatic heterocycles. The number of hydrogen-bond donors (Lipinski definition) is 3. The maximum Gasteiger partial charge on any atom is 0.173 e. The Morgan fingerprint density at radius 3 is 2.46 bits per heavy atom. The summed E-state index contributed by atoms with van der Waals surface area (Å²) in [7, 11) is 1.66. The van der Waals surface area contributed by atoms with Crippen LogP contribution in [0.1, 0.15) is 0 Å². The van der Waals surface area contributed by atoms with Crippen molar-refractivity contribution in [1.82, 2.24) is 19.9 Å². The third kappa shape index (κ3) is 5.41. The van der Waals surface area contributed by atoms with Gasteiger partial charge in [0.1, 0.15) is 29.4 Å². The Hall–Kier alpha value is -4.09. The molecule has 3 N–H and O–H groups in total. The van der Waals surface area contributed by atoms with Gasteiger partial charge in [0, 0.05) is 53.9 Å². The standard InChI is InChI=1S/C28H26FN7OS2/c1-37-21-8-11-23-24(16-21)33-26-25(23)27(31-17-30-26)35-12-14-36(15-13-35)28(38)32-19-6-9-22(10-7-19)39-34-20-4-2-18(29)3-5-20/h2-11,16-17,34H,12-15H2,1H3,(H,32,38)(H,30,31,33). The molecule has 0 saturated carbocycles. The summed E-state index contributed by atoms with van der Waals surface area (Å²) in [5, 5.41) is 6.16. The number of aromatic nitrogens is 3. The van der Waals surface area contributed by atoms with E-state index < -0.39 is 0 Å². The zero-order valence-electron chi connectivity index (χ0n) is 21.1. The summed E-state index contributed by atoms with van der Waals surface area (Å²) in [6.45, 7) is 3.15. The molecule has 11 heteroatoms. The molecule has 1 saturated heterocycles. The minimum absolute atomic E-state index is 0.250. The van der Waals surface area contributed by atoms with Gasteiger partial charge in [-0.3, -0.25) is 0 Å². The van der Waals surface area contributed by atoms with E-state index in [0.717, 1.165) is 76.0 Å². The van der Waals surface area contributed by atoms with Crippen molar-refractivity contribution in [3.63, 3.8) is 0 Å². The molecule has 0 unspecified atom stereocenters. The molecule has 1 fully saturated rings. The summed E-state index contributed by atoms with van der Waals surface area (Å²) in [5.74, 6) is 1.48. The maximum atomic E-state index is 13.1. The molecule has 0 aliphatic carbocycles. The highest BCUT2D eigenvalue weighted by Gasteiger charge is 2.23. The Kier molecular flexibility index (Phi) is 7.08. The van der Waals surface area contributed by atoms with Crippen LogP contribution in [0.15, 0.2) is 78.0 Å². The molecule has 0 radical (unpaired) electrons. The largest absolute Gasteiger partial charge is 0.497 e. The van der Waals surface area contributed by atoms with Crippen molar-refractivity contribution in [1.29, 1.82) is 0 Å². The van der Waals surface area contributed by atoms with Gasteiger partial charge in [0.05, 0.1) is 18.0 Å². The van der Waals surface area contributed by atoms with Crippen molar-refractivity contribution < 1.29 is 9.13 Å². The second-order valence-electron chi connectivity index (χ2n) is 9.10. The van der Waals surface area contributed by atoms with E-state index in [-0.39, 0.29) is 5.82 Å². The van der Waals surface area contributed by atoms with Gasteiger partial charge < -0.3 is 29.6 Å². The first kappa shape index (κ1) is 25.2. The summed E-state index contributed by atoms with van der Waals surface area (Å²) >= 11 is 7.19. The molecule has 1 aliphatic rings. The van der Waals surface area contributed by atoms with Crippen LogP contribution in [0.5, 0.6) is 5.75 Å². The number of ether oxygens (including phenoxy) is 1. The van der Waals surface area contributed by atoms with Crippen LogP contribution in [0.2, 0.25) is 0 Å². The van der Waals surface area contributed by atoms with Gasteiger partial charge in [0.2, 0.25) is 0 Å². The van der Waals surface area contributed by atoms with Crippen LogP contribution in [0, 0.1) is 5.82 Å². The van der Waals surface area contributed by atoms with Gasteiger partial charge in [-0.1, -0.05) is 0 Å². The number of rotatable bonds is 6. The van der Waals surface area contributed by atoms with Crippen molar-refractivity contribution in [3.05, 3.63) is 78.9 Å². The van der Waals surface area contributed by atoms with E-state index in [1.165, 1.54) is 24.1 Å². The molecule has 0 spiro atoms. The van der Waals surface area contributed by atoms with Crippen LogP contribution in [0.3, 0.4) is 0 Å². The molecule has 3 heterocycles. The molecule has 5 aromatic rings. The van der Waals surface area contributed by atoms with E-state index in [2.05, 4.69) is 40.9 Å². The van der Waals surface area contributed by atoms with Crippen molar-refractivity contribution in [2.75, 3.05) is 48.2 Å². The van der Waals surface area contributed by atoms with Crippen LogP contribution in [-0.2, 0) is 0 Å². The number of piperazine rings is 1. The first-order chi connectivity index (χ1) is 19.1. The highest BCUT2D eigenvalue weighted by molar-refractivity contribution is 8.00. The summed E-state index contributed by atoms with van der Waals surface area (Å²) in [6.07, 6.45) is 1.61. The van der Waals surface area contributed by atoms with E-state index in [1.54, 1.807) is 25.6 Å². The van der Waals surface area contributed by atoms with Crippen LogP contribution >= 0.6 is 24.2 Å². The number of benzene rings is 3. The average molecular weight is 560 g/mol. The van der Waals surface area contributed by atoms with Gasteiger partial charge in [-0.25, -0.2) is 14.4 Å². The number of aromatic amines is 1. The molecule has 6 rings (SSSR count). The van der Waals surface area contributed by atoms with Gasteiger partial charge in [0.25, 0.3) is 0 Å². The third-order valence-electron chi connectivity index (χ3n) is 6.68. The lowest BCUT2D eigenvalue weighted by atomic mass is 10.2. The summed E-state index contributed by atoms with van der Waals surface area (Å²) < 4.78 is 21.7. The Balaban J connectivity index is 1.07. The number of thiocarbonyl (C=S) groups is 1. The fraction of sp³-hybridized carbons (Fsp3) is 0.179. The first-order valence-corrected chi connectivity index (χ1v) is 13.7. The van der Waals surface area contributed by atoms with Crippen LogP contribution in [0.25, 0.3) is 21.9 Å². The summed E-state index contributed by atoms with van der Waals surface area (Å²) in [4.78, 5) is 18.0. The topological polar surface area (TPSA) is 81.3 Å². The maximum absolute atomic E-state index is 13.1. The molecule has 39 heavy (non-hydrogen) atoms. The van der Waals surface area contributed by atoms with Gasteiger partial charge in [-0.15, -0.1) is 0 Å². The average Bonchev–Trinajstić information content (AvgIpc) is 3.35. The summed E-state index contributed by atoms with van der Waals surface area (Å²) in [6, 6.07) is 20.3. The number of halogens is 1.